The summed E-state index contributed by atoms with van der Waals surface area (Å²) in [5.74, 6) is 0. The fourth-order valence-corrected chi connectivity index (χ4v) is 14.1. The maximum atomic E-state index is 2.59. The molecule has 5 aliphatic rings. The van der Waals surface area contributed by atoms with Crippen molar-refractivity contribution in [2.24, 2.45) is 0 Å². The molecule has 0 N–H and O–H groups in total. The van der Waals surface area contributed by atoms with Crippen molar-refractivity contribution in [1.29, 1.82) is 0 Å². The van der Waals surface area contributed by atoms with Crippen molar-refractivity contribution in [3.63, 3.8) is 0 Å². The van der Waals surface area contributed by atoms with Crippen LogP contribution in [-0.4, -0.2) is 22.6 Å². The van der Waals surface area contributed by atoms with Crippen molar-refractivity contribution in [2.45, 2.75) is 22.6 Å². The van der Waals surface area contributed by atoms with Gasteiger partial charge in [-0.1, -0.05) is 0 Å². The van der Waals surface area contributed by atoms with Crippen LogP contribution >= 0.6 is 6.60 Å². The summed E-state index contributed by atoms with van der Waals surface area (Å²) < 4.78 is 0. The molecule has 4 saturated heterocycles. The SMILES string of the molecule is C1=C2[C@@H]3C4[C@@H]5C1P2453. The van der Waals surface area contributed by atoms with E-state index < -0.39 is 6.60 Å². The first kappa shape index (κ1) is 2.19. The van der Waals surface area contributed by atoms with E-state index >= 15 is 0 Å². The van der Waals surface area contributed by atoms with E-state index in [2.05, 4.69) is 6.08 Å². The zero-order valence-corrected chi connectivity index (χ0v) is 4.73. The van der Waals surface area contributed by atoms with Crippen LogP contribution in [0.3, 0.4) is 0 Å². The van der Waals surface area contributed by atoms with Gasteiger partial charge in [0.05, 0.1) is 0 Å². The van der Waals surface area contributed by atoms with Gasteiger partial charge in [0.25, 0.3) is 0 Å². The van der Waals surface area contributed by atoms with E-state index in [1.54, 1.807) is 0 Å². The molecule has 4 fully saturated rings. The minimum absolute atomic E-state index is 0.451. The van der Waals surface area contributed by atoms with Crippen LogP contribution in [-0.2, 0) is 0 Å². The van der Waals surface area contributed by atoms with Crippen LogP contribution < -0.4 is 0 Å². The zero-order chi connectivity index (χ0) is 4.04. The number of allylic oxidation sites excluding steroid dienone is 2. The van der Waals surface area contributed by atoms with E-state index in [0.29, 0.717) is 0 Å². The van der Waals surface area contributed by atoms with Gasteiger partial charge in [0, 0.05) is 0 Å². The van der Waals surface area contributed by atoms with Gasteiger partial charge in [0.2, 0.25) is 0 Å². The number of rotatable bonds is 0. The van der Waals surface area contributed by atoms with Gasteiger partial charge in [-0.15, -0.1) is 0 Å². The third-order valence-electron chi connectivity index (χ3n) is 4.54. The second-order valence-electron chi connectivity index (χ2n) is 3.92. The number of fused-ring (bicyclic) bond motifs is 4. The summed E-state index contributed by atoms with van der Waals surface area (Å²) in [6.07, 6.45) is 2.59. The molecule has 0 amide bonds. The molecule has 1 heteroatoms. The van der Waals surface area contributed by atoms with Crippen molar-refractivity contribution in [3.8, 4) is 0 Å². The first-order valence-electron chi connectivity index (χ1n) is 3.17. The predicted molar refractivity (Wildman–Crippen MR) is 30.2 cm³/mol. The fraction of sp³-hybridized carbons (Fsp3) is 0.667. The number of hydrogen-bond donors (Lipinski definition) is 0. The van der Waals surface area contributed by atoms with Gasteiger partial charge in [0.1, 0.15) is 0 Å². The molecule has 0 aromatic heterocycles. The van der Waals surface area contributed by atoms with Gasteiger partial charge < -0.3 is 0 Å². The van der Waals surface area contributed by atoms with Crippen LogP contribution in [0.4, 0.5) is 0 Å². The molecule has 5 rings (SSSR count). The van der Waals surface area contributed by atoms with Crippen LogP contribution in [0.5, 0.6) is 0 Å². The second-order valence-corrected chi connectivity index (χ2v) is 9.60. The van der Waals surface area contributed by atoms with E-state index in [0.717, 1.165) is 0 Å². The predicted octanol–water partition coefficient (Wildman–Crippen LogP) is 0.966. The quantitative estimate of drug-likeness (QED) is 0.405. The molecule has 0 bridgehead atoms. The summed E-state index contributed by atoms with van der Waals surface area (Å²) in [4.78, 5) is 0. The molecule has 0 saturated carbocycles. The topological polar surface area (TPSA) is 0 Å². The van der Waals surface area contributed by atoms with Crippen LogP contribution in [0.25, 0.3) is 0 Å². The van der Waals surface area contributed by atoms with Crippen LogP contribution in [0.2, 0.25) is 0 Å². The van der Waals surface area contributed by atoms with E-state index in [9.17, 15) is 0 Å². The molecule has 7 heavy (non-hydrogen) atoms. The van der Waals surface area contributed by atoms with E-state index in [-0.39, 0.29) is 0 Å². The average Bonchev–Trinajstić information content (AvgIpc) is 2.56. The molecular weight excluding hydrogens is 103 g/mol. The number of hydrogen-bond acceptors (Lipinski definition) is 0. The minimum atomic E-state index is -0.451. The summed E-state index contributed by atoms with van der Waals surface area (Å²) in [6, 6.07) is 0. The molecule has 0 aliphatic carbocycles. The van der Waals surface area contributed by atoms with Gasteiger partial charge in [-0.2, -0.15) is 0 Å². The summed E-state index contributed by atoms with van der Waals surface area (Å²) in [5.41, 5.74) is 5.47. The Morgan fingerprint density at radius 3 is 2.43 bits per heavy atom. The van der Waals surface area contributed by atoms with Gasteiger partial charge in [0.15, 0.2) is 0 Å². The van der Waals surface area contributed by atoms with E-state index in [4.69, 9.17) is 0 Å². The Kier molecular flexibility index (Phi) is 0.0753. The molecule has 1 spiro atoms. The van der Waals surface area contributed by atoms with Gasteiger partial charge in [-0.25, -0.2) is 0 Å². The molecule has 0 aromatic rings. The van der Waals surface area contributed by atoms with Crippen molar-refractivity contribution >= 4 is 6.60 Å². The Labute approximate surface area is 41.5 Å². The monoisotopic (exact) mass is 108 g/mol. The molecule has 34 valence electrons. The summed E-state index contributed by atoms with van der Waals surface area (Å²) in [5, 5.41) is 2.03. The fourth-order valence-electron chi connectivity index (χ4n) is 4.07. The molecule has 0 nitrogen and oxygen atoms in total. The van der Waals surface area contributed by atoms with Crippen molar-refractivity contribution in [2.75, 3.05) is 0 Å². The Morgan fingerprint density at radius 2 is 2.43 bits per heavy atom. The first-order chi connectivity index (χ1) is 3.44. The standard InChI is InChI=1S/C6H5P/c1-2-4-6-5-3(1)7(2,4,5)6/h1-2,4-6H/t2?,4-,5+,6?/m0/s1. The molecule has 4 atom stereocenters. The Hall–Kier alpha value is 0.170. The van der Waals surface area contributed by atoms with E-state index in [1.807, 2.05) is 5.31 Å². The average molecular weight is 108 g/mol. The second kappa shape index (κ2) is 0.241. The Bertz CT molecular complexity index is 287. The van der Waals surface area contributed by atoms with Crippen LogP contribution in [0.15, 0.2) is 11.4 Å². The van der Waals surface area contributed by atoms with Crippen LogP contribution in [0, 0.1) is 0 Å². The van der Waals surface area contributed by atoms with Gasteiger partial charge in [-0.3, -0.25) is 0 Å². The van der Waals surface area contributed by atoms with Crippen LogP contribution in [0.1, 0.15) is 0 Å². The first-order valence-corrected chi connectivity index (χ1v) is 5.68. The summed E-state index contributed by atoms with van der Waals surface area (Å²) >= 11 is 0. The third kappa shape index (κ3) is 0.0394. The van der Waals surface area contributed by atoms with Crippen molar-refractivity contribution < 1.29 is 0 Å². The van der Waals surface area contributed by atoms with Gasteiger partial charge >= 0.3 is 40.6 Å². The normalized spacial score (nSPS) is 97.7. The van der Waals surface area contributed by atoms with Crippen molar-refractivity contribution in [3.05, 3.63) is 11.4 Å². The summed E-state index contributed by atoms with van der Waals surface area (Å²) in [7, 11) is 0. The van der Waals surface area contributed by atoms with Gasteiger partial charge in [-0.05, 0) is 0 Å². The van der Waals surface area contributed by atoms with Crippen molar-refractivity contribution in [1.82, 2.24) is 0 Å². The Balaban J connectivity index is 2.48. The molecule has 5 aliphatic heterocycles. The summed E-state index contributed by atoms with van der Waals surface area (Å²) in [6.45, 7) is -0.451. The molecular formula is C6H5P. The maximum absolute atomic E-state index is 2.59. The van der Waals surface area contributed by atoms with E-state index in [1.165, 1.54) is 22.6 Å². The third-order valence-corrected chi connectivity index (χ3v) is 12.4. The zero-order valence-electron chi connectivity index (χ0n) is 3.83. The molecule has 5 heterocycles. The Morgan fingerprint density at radius 1 is 1.43 bits per heavy atom. The molecule has 0 radical (unpaired) electrons. The molecule has 2 unspecified atom stereocenters. The molecule has 0 aromatic carbocycles.